The van der Waals surface area contributed by atoms with E-state index in [2.05, 4.69) is 20.2 Å². The van der Waals surface area contributed by atoms with E-state index in [-0.39, 0.29) is 5.91 Å². The third kappa shape index (κ3) is 3.96. The highest BCUT2D eigenvalue weighted by Gasteiger charge is 2.16. The van der Waals surface area contributed by atoms with E-state index in [0.717, 1.165) is 35.0 Å². The third-order valence-electron chi connectivity index (χ3n) is 4.57. The van der Waals surface area contributed by atoms with Gasteiger partial charge in [-0.25, -0.2) is 9.97 Å². The van der Waals surface area contributed by atoms with Crippen molar-refractivity contribution < 1.29 is 4.79 Å². The number of carbonyl (C=O) groups excluding carboxylic acids is 1. The molecule has 5 nitrogen and oxygen atoms in total. The smallest absolute Gasteiger partial charge is 0.259 e. The molecule has 1 amide bonds. The average Bonchev–Trinajstić information content (AvgIpc) is 3.33. The second-order valence-corrected chi connectivity index (χ2v) is 8.12. The van der Waals surface area contributed by atoms with Gasteiger partial charge in [-0.05, 0) is 44.0 Å². The van der Waals surface area contributed by atoms with E-state index in [1.807, 2.05) is 43.3 Å². The summed E-state index contributed by atoms with van der Waals surface area (Å²) in [4.78, 5) is 24.8. The summed E-state index contributed by atoms with van der Waals surface area (Å²) in [5, 5.41) is 4.14. The summed E-state index contributed by atoms with van der Waals surface area (Å²) in [7, 11) is 0. The number of nitrogens with zero attached hydrogens (tertiary/aromatic N) is 3. The Bertz CT molecular complexity index is 947. The van der Waals surface area contributed by atoms with Crippen molar-refractivity contribution in [3.63, 3.8) is 0 Å². The van der Waals surface area contributed by atoms with Crippen LogP contribution in [-0.4, -0.2) is 29.0 Å². The summed E-state index contributed by atoms with van der Waals surface area (Å²) in [5.41, 5.74) is 2.36. The van der Waals surface area contributed by atoms with Crippen LogP contribution in [0.3, 0.4) is 0 Å². The highest BCUT2D eigenvalue weighted by Crippen LogP contribution is 2.31. The lowest BCUT2D eigenvalue weighted by Crippen LogP contribution is -2.19. The lowest BCUT2D eigenvalue weighted by Gasteiger charge is -2.15. The third-order valence-corrected chi connectivity index (χ3v) is 5.71. The SMILES string of the molecule is Cc1sc(NC(=O)c2ccc(N3CCCC3)nc2)nc1-c1ccc(Cl)cc1. The minimum absolute atomic E-state index is 0.202. The highest BCUT2D eigenvalue weighted by molar-refractivity contribution is 7.16. The number of pyridine rings is 1. The molecule has 2 aromatic heterocycles. The molecule has 138 valence electrons. The number of carbonyl (C=O) groups is 1. The van der Waals surface area contributed by atoms with Crippen LogP contribution in [0, 0.1) is 6.92 Å². The van der Waals surface area contributed by atoms with Crippen molar-refractivity contribution >= 4 is 39.8 Å². The molecule has 0 radical (unpaired) electrons. The number of hydrogen-bond donors (Lipinski definition) is 1. The zero-order valence-corrected chi connectivity index (χ0v) is 16.5. The van der Waals surface area contributed by atoms with Crippen LogP contribution in [0.5, 0.6) is 0 Å². The first kappa shape index (κ1) is 17.9. The number of hydrogen-bond acceptors (Lipinski definition) is 5. The van der Waals surface area contributed by atoms with Crippen molar-refractivity contribution in [2.45, 2.75) is 19.8 Å². The summed E-state index contributed by atoms with van der Waals surface area (Å²) >= 11 is 7.40. The number of amides is 1. The van der Waals surface area contributed by atoms with Crippen LogP contribution in [0.2, 0.25) is 5.02 Å². The first-order valence-corrected chi connectivity index (χ1v) is 10.1. The molecule has 0 saturated carbocycles. The van der Waals surface area contributed by atoms with Gasteiger partial charge in [0.25, 0.3) is 5.91 Å². The minimum Gasteiger partial charge on any atom is -0.357 e. The minimum atomic E-state index is -0.202. The molecule has 1 aliphatic rings. The monoisotopic (exact) mass is 398 g/mol. The molecule has 0 bridgehead atoms. The van der Waals surface area contributed by atoms with Gasteiger partial charge < -0.3 is 4.90 Å². The number of aryl methyl sites for hydroxylation is 1. The molecule has 1 saturated heterocycles. The van der Waals surface area contributed by atoms with Crippen molar-refractivity contribution in [2.24, 2.45) is 0 Å². The topological polar surface area (TPSA) is 58.1 Å². The van der Waals surface area contributed by atoms with E-state index < -0.39 is 0 Å². The maximum atomic E-state index is 12.5. The molecule has 0 aliphatic carbocycles. The standard InChI is InChI=1S/C20H19ClN4OS/c1-13-18(14-4-7-16(21)8-5-14)23-20(27-13)24-19(26)15-6-9-17(22-12-15)25-10-2-3-11-25/h4-9,12H,2-3,10-11H2,1H3,(H,23,24,26). The summed E-state index contributed by atoms with van der Waals surface area (Å²) in [6.07, 6.45) is 4.02. The Hall–Kier alpha value is -2.44. The Kier molecular flexibility index (Phi) is 5.09. The van der Waals surface area contributed by atoms with Crippen molar-refractivity contribution in [1.82, 2.24) is 9.97 Å². The fourth-order valence-electron chi connectivity index (χ4n) is 3.15. The molecular formula is C20H19ClN4OS. The highest BCUT2D eigenvalue weighted by atomic mass is 35.5. The van der Waals surface area contributed by atoms with Crippen LogP contribution < -0.4 is 10.2 Å². The lowest BCUT2D eigenvalue weighted by atomic mass is 10.1. The van der Waals surface area contributed by atoms with Gasteiger partial charge in [-0.1, -0.05) is 23.7 Å². The molecule has 0 unspecified atom stereocenters. The molecule has 4 rings (SSSR count). The first-order chi connectivity index (χ1) is 13.1. The Morgan fingerprint density at radius 2 is 1.89 bits per heavy atom. The van der Waals surface area contributed by atoms with Gasteiger partial charge in [0.05, 0.1) is 11.3 Å². The summed E-state index contributed by atoms with van der Waals surface area (Å²) in [6.45, 7) is 4.05. The van der Waals surface area contributed by atoms with E-state index >= 15 is 0 Å². The van der Waals surface area contributed by atoms with Crippen molar-refractivity contribution in [3.8, 4) is 11.3 Å². The van der Waals surface area contributed by atoms with Gasteiger partial charge >= 0.3 is 0 Å². The normalized spacial score (nSPS) is 13.8. The number of anilines is 2. The number of nitrogens with one attached hydrogen (secondary N) is 1. The van der Waals surface area contributed by atoms with Gasteiger partial charge in [-0.15, -0.1) is 11.3 Å². The number of aromatic nitrogens is 2. The Labute approximate surface area is 167 Å². The molecule has 1 N–H and O–H groups in total. The van der Waals surface area contributed by atoms with E-state index in [4.69, 9.17) is 11.6 Å². The molecule has 27 heavy (non-hydrogen) atoms. The maximum Gasteiger partial charge on any atom is 0.259 e. The number of rotatable bonds is 4. The summed E-state index contributed by atoms with van der Waals surface area (Å²) in [5.74, 6) is 0.728. The molecule has 3 aromatic rings. The maximum absolute atomic E-state index is 12.5. The Morgan fingerprint density at radius 3 is 2.56 bits per heavy atom. The quantitative estimate of drug-likeness (QED) is 0.670. The molecule has 1 aliphatic heterocycles. The number of thiazole rings is 1. The van der Waals surface area contributed by atoms with Crippen LogP contribution in [-0.2, 0) is 0 Å². The van der Waals surface area contributed by atoms with Crippen LogP contribution in [0.1, 0.15) is 28.1 Å². The van der Waals surface area contributed by atoms with E-state index in [0.29, 0.717) is 15.7 Å². The van der Waals surface area contributed by atoms with Gasteiger partial charge in [0.2, 0.25) is 0 Å². The predicted octanol–water partition coefficient (Wildman–Crippen LogP) is 5.02. The Morgan fingerprint density at radius 1 is 1.15 bits per heavy atom. The van der Waals surface area contributed by atoms with Gasteiger partial charge in [-0.2, -0.15) is 0 Å². The van der Waals surface area contributed by atoms with Crippen molar-refractivity contribution in [3.05, 3.63) is 58.1 Å². The zero-order valence-electron chi connectivity index (χ0n) is 14.9. The summed E-state index contributed by atoms with van der Waals surface area (Å²) < 4.78 is 0. The van der Waals surface area contributed by atoms with Gasteiger partial charge in [0, 0.05) is 34.7 Å². The van der Waals surface area contributed by atoms with E-state index in [1.165, 1.54) is 24.2 Å². The van der Waals surface area contributed by atoms with Crippen LogP contribution >= 0.6 is 22.9 Å². The van der Waals surface area contributed by atoms with Crippen molar-refractivity contribution in [1.29, 1.82) is 0 Å². The number of halogens is 1. The summed E-state index contributed by atoms with van der Waals surface area (Å²) in [6, 6.07) is 11.3. The number of benzene rings is 1. The van der Waals surface area contributed by atoms with Gasteiger partial charge in [0.1, 0.15) is 5.82 Å². The first-order valence-electron chi connectivity index (χ1n) is 8.86. The van der Waals surface area contributed by atoms with E-state index in [9.17, 15) is 4.79 Å². The molecule has 7 heteroatoms. The van der Waals surface area contributed by atoms with Crippen molar-refractivity contribution in [2.75, 3.05) is 23.3 Å². The zero-order chi connectivity index (χ0) is 18.8. The molecule has 0 atom stereocenters. The van der Waals surface area contributed by atoms with Gasteiger partial charge in [-0.3, -0.25) is 10.1 Å². The largest absolute Gasteiger partial charge is 0.357 e. The Balaban J connectivity index is 1.48. The molecule has 0 spiro atoms. The predicted molar refractivity (Wildman–Crippen MR) is 111 cm³/mol. The van der Waals surface area contributed by atoms with Crippen LogP contribution in [0.4, 0.5) is 10.9 Å². The molecule has 1 fully saturated rings. The fourth-order valence-corrected chi connectivity index (χ4v) is 4.11. The average molecular weight is 399 g/mol. The van der Waals surface area contributed by atoms with E-state index in [1.54, 1.807) is 6.20 Å². The molecule has 1 aromatic carbocycles. The lowest BCUT2D eigenvalue weighted by molar-refractivity contribution is 0.102. The fraction of sp³-hybridized carbons (Fsp3) is 0.250. The second kappa shape index (κ2) is 7.66. The van der Waals surface area contributed by atoms with Crippen LogP contribution in [0.15, 0.2) is 42.6 Å². The second-order valence-electron chi connectivity index (χ2n) is 6.48. The van der Waals surface area contributed by atoms with Gasteiger partial charge in [0.15, 0.2) is 5.13 Å². The van der Waals surface area contributed by atoms with Crippen LogP contribution in [0.25, 0.3) is 11.3 Å². The molecule has 3 heterocycles. The molecular weight excluding hydrogens is 380 g/mol.